The number of hydrogen-bond donors (Lipinski definition) is 1. The monoisotopic (exact) mass is 138 g/mol. The highest BCUT2D eigenvalue weighted by Gasteiger charge is 1.98. The standard InChI is InChI=1S/C6H6O2Si/c7-6(8)9-4-2-1-3-5-9/h1-5H,(H,7,8). The minimum Gasteiger partial charge on any atom is -0.482 e. The molecule has 0 saturated carbocycles. The van der Waals surface area contributed by atoms with Gasteiger partial charge in [-0.3, -0.25) is 4.79 Å². The molecule has 1 rings (SSSR count). The zero-order chi connectivity index (χ0) is 6.69. The van der Waals surface area contributed by atoms with Crippen LogP contribution >= 0.6 is 0 Å². The Morgan fingerprint density at radius 3 is 2.11 bits per heavy atom. The van der Waals surface area contributed by atoms with E-state index in [4.69, 9.17) is 5.11 Å². The van der Waals surface area contributed by atoms with Gasteiger partial charge in [-0.2, -0.15) is 0 Å². The van der Waals surface area contributed by atoms with Crippen molar-refractivity contribution in [3.8, 4) is 0 Å². The van der Waals surface area contributed by atoms with Crippen LogP contribution in [-0.4, -0.2) is 19.1 Å². The highest BCUT2D eigenvalue weighted by molar-refractivity contribution is 6.81. The molecule has 0 fully saturated rings. The predicted octanol–water partition coefficient (Wildman–Crippen LogP) is 1.24. The SMILES string of the molecule is O=C(O)[si]1ccccc1. The van der Waals surface area contributed by atoms with Crippen LogP contribution < -0.4 is 0 Å². The first kappa shape index (κ1) is 6.16. The Morgan fingerprint density at radius 1 is 1.22 bits per heavy atom. The third kappa shape index (κ3) is 1.47. The Kier molecular flexibility index (Phi) is 1.74. The second-order valence-corrected chi connectivity index (χ2v) is 3.68. The molecule has 46 valence electrons. The lowest BCUT2D eigenvalue weighted by atomic mass is 10.6. The molecule has 0 aliphatic rings. The van der Waals surface area contributed by atoms with E-state index >= 15 is 0 Å². The van der Waals surface area contributed by atoms with Gasteiger partial charge in [0, 0.05) is 0 Å². The average molecular weight is 138 g/mol. The Labute approximate surface area is 54.3 Å². The van der Waals surface area contributed by atoms with Crippen LogP contribution in [0.15, 0.2) is 29.6 Å². The van der Waals surface area contributed by atoms with Crippen molar-refractivity contribution in [2.45, 2.75) is 0 Å². The zero-order valence-electron chi connectivity index (χ0n) is 4.74. The maximum Gasteiger partial charge on any atom is 0.294 e. The lowest BCUT2D eigenvalue weighted by Crippen LogP contribution is -2.07. The molecule has 1 aromatic rings. The third-order valence-corrected chi connectivity index (χ3v) is 2.62. The summed E-state index contributed by atoms with van der Waals surface area (Å²) in [6, 6.07) is 5.39. The van der Waals surface area contributed by atoms with Crippen molar-refractivity contribution in [1.29, 1.82) is 0 Å². The highest BCUT2D eigenvalue weighted by Crippen LogP contribution is 1.84. The van der Waals surface area contributed by atoms with Gasteiger partial charge in [0.2, 0.25) is 0 Å². The minimum atomic E-state index is -1.34. The highest BCUT2D eigenvalue weighted by atomic mass is 28.2. The Bertz CT molecular complexity index is 208. The lowest BCUT2D eigenvalue weighted by molar-refractivity contribution is 0.220. The maximum atomic E-state index is 10.3. The summed E-state index contributed by atoms with van der Waals surface area (Å²) in [5, 5.41) is 8.47. The average Bonchev–Trinajstić information content (AvgIpc) is 1.90. The van der Waals surface area contributed by atoms with Crippen molar-refractivity contribution in [1.82, 2.24) is 0 Å². The number of hydrogen-bond acceptors (Lipinski definition) is 1. The van der Waals surface area contributed by atoms with E-state index in [0.29, 0.717) is 0 Å². The molecule has 1 heterocycles. The van der Waals surface area contributed by atoms with Crippen molar-refractivity contribution in [3.63, 3.8) is 0 Å². The fraction of sp³-hybridized carbons (Fsp3) is 0. The molecule has 0 aliphatic heterocycles. The van der Waals surface area contributed by atoms with E-state index in [1.165, 1.54) is 0 Å². The van der Waals surface area contributed by atoms with Gasteiger partial charge in [0.1, 0.15) is 0 Å². The lowest BCUT2D eigenvalue weighted by Gasteiger charge is -1.86. The molecule has 0 aliphatic carbocycles. The van der Waals surface area contributed by atoms with E-state index in [2.05, 4.69) is 0 Å². The van der Waals surface area contributed by atoms with E-state index in [0.717, 1.165) is 0 Å². The molecule has 0 atom stereocenters. The van der Waals surface area contributed by atoms with E-state index in [1.54, 1.807) is 23.5 Å². The van der Waals surface area contributed by atoms with Crippen LogP contribution in [-0.2, 0) is 0 Å². The third-order valence-electron chi connectivity index (χ3n) is 1.02. The molecule has 0 spiro atoms. The largest absolute Gasteiger partial charge is 0.482 e. The number of carboxylic acid groups (broad SMARTS) is 1. The first-order valence-corrected chi connectivity index (χ1v) is 4.24. The van der Waals surface area contributed by atoms with Gasteiger partial charge in [0.25, 0.3) is 5.59 Å². The summed E-state index contributed by atoms with van der Waals surface area (Å²) in [5.41, 5.74) is 2.79. The van der Waals surface area contributed by atoms with E-state index in [-0.39, 0.29) is 0 Å². The molecule has 0 bridgehead atoms. The van der Waals surface area contributed by atoms with Crippen LogP contribution in [0, 0.1) is 0 Å². The smallest absolute Gasteiger partial charge is 0.294 e. The topological polar surface area (TPSA) is 37.3 Å². The van der Waals surface area contributed by atoms with Crippen LogP contribution in [0.1, 0.15) is 0 Å². The fourth-order valence-electron chi connectivity index (χ4n) is 0.581. The second kappa shape index (κ2) is 2.55. The van der Waals surface area contributed by atoms with Crippen molar-refractivity contribution in [2.24, 2.45) is 0 Å². The molecule has 1 aromatic heterocycles. The summed E-state index contributed by atoms with van der Waals surface area (Å²) in [7, 11) is -1.34. The summed E-state index contributed by atoms with van der Waals surface area (Å²) in [4.78, 5) is 10.3. The van der Waals surface area contributed by atoms with Crippen LogP contribution in [0.5, 0.6) is 0 Å². The fourth-order valence-corrected chi connectivity index (χ4v) is 1.61. The molecule has 9 heavy (non-hydrogen) atoms. The molecule has 2 nitrogen and oxygen atoms in total. The van der Waals surface area contributed by atoms with E-state index < -0.39 is 14.0 Å². The molecular weight excluding hydrogens is 132 g/mol. The van der Waals surface area contributed by atoms with Gasteiger partial charge in [-0.05, 0) is 0 Å². The molecule has 1 N–H and O–H groups in total. The summed E-state index contributed by atoms with van der Waals surface area (Å²) in [6.07, 6.45) is 0. The number of carbonyl (C=O) groups is 1. The Hall–Kier alpha value is -0.963. The minimum absolute atomic E-state index is 0.694. The Morgan fingerprint density at radius 2 is 1.78 bits per heavy atom. The maximum absolute atomic E-state index is 10.3. The van der Waals surface area contributed by atoms with Crippen molar-refractivity contribution >= 4 is 14.0 Å². The normalized spacial score (nSPS) is 8.89. The van der Waals surface area contributed by atoms with E-state index in [9.17, 15) is 4.79 Å². The Balaban J connectivity index is 2.98. The molecule has 0 amide bonds. The first-order chi connectivity index (χ1) is 4.30. The molecule has 0 radical (unpaired) electrons. The molecule has 0 unspecified atom stereocenters. The van der Waals surface area contributed by atoms with Crippen LogP contribution in [0.4, 0.5) is 4.79 Å². The van der Waals surface area contributed by atoms with Crippen LogP contribution in [0.3, 0.4) is 0 Å². The summed E-state index contributed by atoms with van der Waals surface area (Å²) in [6.45, 7) is 0. The van der Waals surface area contributed by atoms with Crippen LogP contribution in [0.25, 0.3) is 0 Å². The van der Waals surface area contributed by atoms with Crippen molar-refractivity contribution in [2.75, 3.05) is 0 Å². The molecular formula is C6H6O2Si. The summed E-state index contributed by atoms with van der Waals surface area (Å²) in [5.74, 6) is 0. The molecule has 0 saturated heterocycles. The van der Waals surface area contributed by atoms with Crippen molar-refractivity contribution < 1.29 is 9.90 Å². The molecule has 0 aromatic carbocycles. The van der Waals surface area contributed by atoms with Gasteiger partial charge in [-0.25, -0.2) is 0 Å². The van der Waals surface area contributed by atoms with Gasteiger partial charge in [0.05, 0.1) is 0 Å². The van der Waals surface area contributed by atoms with Gasteiger partial charge in [-0.15, -0.1) is 0 Å². The molecule has 3 heteroatoms. The van der Waals surface area contributed by atoms with Gasteiger partial charge in [-0.1, -0.05) is 29.6 Å². The van der Waals surface area contributed by atoms with Gasteiger partial charge < -0.3 is 5.11 Å². The number of rotatable bonds is 1. The first-order valence-electron chi connectivity index (χ1n) is 2.59. The van der Waals surface area contributed by atoms with Gasteiger partial charge >= 0.3 is 0 Å². The van der Waals surface area contributed by atoms with E-state index in [1.807, 2.05) is 6.07 Å². The van der Waals surface area contributed by atoms with Gasteiger partial charge in [0.15, 0.2) is 8.40 Å². The predicted molar refractivity (Wildman–Crippen MR) is 35.8 cm³/mol. The second-order valence-electron chi connectivity index (χ2n) is 1.67. The summed E-state index contributed by atoms with van der Waals surface area (Å²) >= 11 is 0. The summed E-state index contributed by atoms with van der Waals surface area (Å²) < 4.78 is 0. The zero-order valence-corrected chi connectivity index (χ0v) is 5.74. The quantitative estimate of drug-likeness (QED) is 0.593. The van der Waals surface area contributed by atoms with Crippen molar-refractivity contribution in [3.05, 3.63) is 29.6 Å². The van der Waals surface area contributed by atoms with Crippen LogP contribution in [0.2, 0.25) is 0 Å².